The first-order chi connectivity index (χ1) is 29.8. The lowest BCUT2D eigenvalue weighted by Crippen LogP contribution is -2.60. The van der Waals surface area contributed by atoms with Gasteiger partial charge in [0.1, 0.15) is 30.5 Å². The molecule has 0 bridgehead atoms. The van der Waals surface area contributed by atoms with Crippen molar-refractivity contribution in [2.24, 2.45) is 0 Å². The smallest absolute Gasteiger partial charge is 0.249 e. The summed E-state index contributed by atoms with van der Waals surface area (Å²) in [6.45, 7) is 3.61. The van der Waals surface area contributed by atoms with Crippen LogP contribution in [0.2, 0.25) is 0 Å². The normalized spacial score (nSPS) is 21.0. The second-order valence-electron chi connectivity index (χ2n) is 18.5. The molecule has 1 heterocycles. The number of allylic oxidation sites excluding steroid dienone is 1. The maximum absolute atomic E-state index is 13.1. The number of hydrogen-bond donors (Lipinski definition) is 7. The van der Waals surface area contributed by atoms with Crippen molar-refractivity contribution in [3.8, 4) is 0 Å². The van der Waals surface area contributed by atoms with Gasteiger partial charge in [-0.2, -0.15) is 0 Å². The molecule has 0 aromatic rings. The van der Waals surface area contributed by atoms with E-state index in [0.29, 0.717) is 6.42 Å². The summed E-state index contributed by atoms with van der Waals surface area (Å²) >= 11 is 0. The molecular weight excluding hydrogens is 771 g/mol. The SMILES string of the molecule is CCCCCCCCCCC/C=C/C(O)C(COC1OC(CO)C(O)C(O)C1O)NC(=O)C(O)CCCCCCCCCCCCCCCCCCCCCCCCCCC. The van der Waals surface area contributed by atoms with Gasteiger partial charge in [0.25, 0.3) is 0 Å². The third-order valence-corrected chi connectivity index (χ3v) is 12.7. The molecule has 0 spiro atoms. The monoisotopic (exact) mass is 870 g/mol. The highest BCUT2D eigenvalue weighted by Gasteiger charge is 2.44. The summed E-state index contributed by atoms with van der Waals surface area (Å²) in [5, 5.41) is 64.7. The highest BCUT2D eigenvalue weighted by molar-refractivity contribution is 5.80. The summed E-state index contributed by atoms with van der Waals surface area (Å²) in [5.74, 6) is -0.613. The Morgan fingerprint density at radius 2 is 0.934 bits per heavy atom. The molecule has 0 aromatic carbocycles. The highest BCUT2D eigenvalue weighted by Crippen LogP contribution is 2.23. The van der Waals surface area contributed by atoms with Crippen molar-refractivity contribution in [3.63, 3.8) is 0 Å². The van der Waals surface area contributed by atoms with Gasteiger partial charge < -0.3 is 45.4 Å². The molecule has 0 aliphatic carbocycles. The van der Waals surface area contributed by atoms with Crippen LogP contribution in [0.15, 0.2) is 12.2 Å². The fourth-order valence-electron chi connectivity index (χ4n) is 8.46. The first kappa shape index (κ1) is 57.9. The Hall–Kier alpha value is -1.11. The predicted octanol–water partition coefficient (Wildman–Crippen LogP) is 10.6. The van der Waals surface area contributed by atoms with Gasteiger partial charge in [-0.25, -0.2) is 0 Å². The van der Waals surface area contributed by atoms with Crippen molar-refractivity contribution in [2.75, 3.05) is 13.2 Å². The molecule has 8 atom stereocenters. The number of carbonyl (C=O) groups is 1. The van der Waals surface area contributed by atoms with E-state index in [0.717, 1.165) is 44.9 Å². The van der Waals surface area contributed by atoms with Crippen LogP contribution in [-0.2, 0) is 14.3 Å². The Balaban J connectivity index is 2.23. The predicted molar refractivity (Wildman–Crippen MR) is 250 cm³/mol. The van der Waals surface area contributed by atoms with E-state index in [9.17, 15) is 35.4 Å². The van der Waals surface area contributed by atoms with E-state index in [-0.39, 0.29) is 6.61 Å². The highest BCUT2D eigenvalue weighted by atomic mass is 16.7. The quantitative estimate of drug-likeness (QED) is 0.0233. The van der Waals surface area contributed by atoms with Crippen LogP contribution in [0.4, 0.5) is 0 Å². The molecule has 7 N–H and O–H groups in total. The standard InChI is InChI=1S/C51H99NO9/c1-3-5-7-9-11-13-15-16-17-18-19-20-21-22-23-24-25-26-27-28-30-32-34-36-38-40-45(55)50(59)52-43(42-60-51-49(58)48(57)47(56)46(41-53)61-51)44(54)39-37-35-33-31-29-14-12-10-8-6-4-2/h37,39,43-49,51,53-58H,3-36,38,40-42H2,1-2H3,(H,52,59)/b39-37+. The molecule has 10 heteroatoms. The number of aliphatic hydroxyl groups excluding tert-OH is 6. The first-order valence-electron chi connectivity index (χ1n) is 26.0. The number of carbonyl (C=O) groups excluding carboxylic acids is 1. The van der Waals surface area contributed by atoms with Crippen molar-refractivity contribution in [3.05, 3.63) is 12.2 Å². The summed E-state index contributed by atoms with van der Waals surface area (Å²) in [7, 11) is 0. The van der Waals surface area contributed by atoms with E-state index < -0.39 is 61.5 Å². The van der Waals surface area contributed by atoms with Crippen LogP contribution < -0.4 is 5.32 Å². The zero-order chi connectivity index (χ0) is 44.6. The number of unbranched alkanes of at least 4 members (excludes halogenated alkanes) is 33. The Labute approximate surface area is 374 Å². The summed E-state index contributed by atoms with van der Waals surface area (Å²) in [6, 6.07) is -0.974. The molecule has 8 unspecified atom stereocenters. The number of ether oxygens (including phenoxy) is 2. The van der Waals surface area contributed by atoms with Crippen LogP contribution in [-0.4, -0.2) is 98.7 Å². The zero-order valence-electron chi connectivity index (χ0n) is 39.6. The van der Waals surface area contributed by atoms with Crippen molar-refractivity contribution in [1.29, 1.82) is 0 Å². The lowest BCUT2D eigenvalue weighted by molar-refractivity contribution is -0.302. The van der Waals surface area contributed by atoms with Crippen molar-refractivity contribution < 1.29 is 44.9 Å². The van der Waals surface area contributed by atoms with Gasteiger partial charge in [-0.3, -0.25) is 4.79 Å². The van der Waals surface area contributed by atoms with Gasteiger partial charge in [0.2, 0.25) is 5.91 Å². The van der Waals surface area contributed by atoms with Crippen LogP contribution >= 0.6 is 0 Å². The Morgan fingerprint density at radius 3 is 1.33 bits per heavy atom. The van der Waals surface area contributed by atoms with Crippen molar-refractivity contribution in [1.82, 2.24) is 5.32 Å². The lowest BCUT2D eigenvalue weighted by atomic mass is 9.99. The largest absolute Gasteiger partial charge is 0.394 e. The first-order valence-corrected chi connectivity index (χ1v) is 26.0. The molecule has 1 amide bonds. The van der Waals surface area contributed by atoms with Crippen LogP contribution in [0, 0.1) is 0 Å². The molecule has 1 aliphatic heterocycles. The fraction of sp³-hybridized carbons (Fsp3) is 0.941. The van der Waals surface area contributed by atoms with Crippen LogP contribution in [0.5, 0.6) is 0 Å². The third kappa shape index (κ3) is 31.4. The third-order valence-electron chi connectivity index (χ3n) is 12.7. The number of aliphatic hydroxyl groups is 6. The lowest BCUT2D eigenvalue weighted by Gasteiger charge is -2.40. The topological polar surface area (TPSA) is 169 Å². The molecule has 1 saturated heterocycles. The maximum atomic E-state index is 13.1. The van der Waals surface area contributed by atoms with E-state index in [2.05, 4.69) is 19.2 Å². The van der Waals surface area contributed by atoms with Crippen molar-refractivity contribution in [2.45, 2.75) is 294 Å². The van der Waals surface area contributed by atoms with E-state index in [1.807, 2.05) is 6.08 Å². The van der Waals surface area contributed by atoms with Gasteiger partial charge in [-0.05, 0) is 19.3 Å². The minimum atomic E-state index is -1.61. The molecule has 10 nitrogen and oxygen atoms in total. The zero-order valence-corrected chi connectivity index (χ0v) is 39.6. The van der Waals surface area contributed by atoms with E-state index in [1.165, 1.54) is 180 Å². The molecular formula is C51H99NO9. The van der Waals surface area contributed by atoms with E-state index in [4.69, 9.17) is 9.47 Å². The minimum Gasteiger partial charge on any atom is -0.394 e. The molecule has 1 rings (SSSR count). The fourth-order valence-corrected chi connectivity index (χ4v) is 8.46. The van der Waals surface area contributed by atoms with E-state index >= 15 is 0 Å². The summed E-state index contributed by atoms with van der Waals surface area (Å²) in [5.41, 5.74) is 0. The summed E-state index contributed by atoms with van der Waals surface area (Å²) < 4.78 is 11.1. The second kappa shape index (κ2) is 41.6. The van der Waals surface area contributed by atoms with E-state index in [1.54, 1.807) is 6.08 Å². The molecule has 1 fully saturated rings. The van der Waals surface area contributed by atoms with Crippen LogP contribution in [0.3, 0.4) is 0 Å². The number of rotatable bonds is 44. The number of nitrogens with one attached hydrogen (secondary N) is 1. The second-order valence-corrected chi connectivity index (χ2v) is 18.5. The molecule has 0 saturated carbocycles. The number of hydrogen-bond acceptors (Lipinski definition) is 9. The summed E-state index contributed by atoms with van der Waals surface area (Å²) in [6.07, 6.45) is 38.9. The van der Waals surface area contributed by atoms with Crippen molar-refractivity contribution >= 4 is 5.91 Å². The van der Waals surface area contributed by atoms with Gasteiger partial charge in [-0.15, -0.1) is 0 Å². The average molecular weight is 870 g/mol. The Morgan fingerprint density at radius 1 is 0.557 bits per heavy atom. The Bertz CT molecular complexity index is 984. The molecule has 61 heavy (non-hydrogen) atoms. The van der Waals surface area contributed by atoms with Gasteiger partial charge in [0, 0.05) is 0 Å². The minimum absolute atomic E-state index is 0.301. The van der Waals surface area contributed by atoms with Crippen LogP contribution in [0.25, 0.3) is 0 Å². The van der Waals surface area contributed by atoms with Crippen LogP contribution in [0.1, 0.15) is 245 Å². The maximum Gasteiger partial charge on any atom is 0.249 e. The van der Waals surface area contributed by atoms with Gasteiger partial charge >= 0.3 is 0 Å². The molecule has 0 radical (unpaired) electrons. The van der Waals surface area contributed by atoms with Gasteiger partial charge in [0.15, 0.2) is 6.29 Å². The molecule has 1 aliphatic rings. The van der Waals surface area contributed by atoms with Gasteiger partial charge in [0.05, 0.1) is 25.4 Å². The summed E-state index contributed by atoms with van der Waals surface area (Å²) in [4.78, 5) is 13.1. The molecule has 0 aromatic heterocycles. The number of amides is 1. The average Bonchev–Trinajstić information content (AvgIpc) is 3.26. The Kier molecular flexibility index (Phi) is 39.5. The van der Waals surface area contributed by atoms with Gasteiger partial charge in [-0.1, -0.05) is 238 Å². The molecule has 362 valence electrons.